The summed E-state index contributed by atoms with van der Waals surface area (Å²) in [6.07, 6.45) is -4.43. The number of rotatable bonds is 2. The van der Waals surface area contributed by atoms with Gasteiger partial charge in [-0.15, -0.1) is 0 Å². The zero-order valence-electron chi connectivity index (χ0n) is 11.2. The second kappa shape index (κ2) is 4.73. The first-order chi connectivity index (χ1) is 9.19. The van der Waals surface area contributed by atoms with Crippen LogP contribution in [0.2, 0.25) is 0 Å². The predicted molar refractivity (Wildman–Crippen MR) is 67.8 cm³/mol. The van der Waals surface area contributed by atoms with Crippen LogP contribution >= 0.6 is 0 Å². The van der Waals surface area contributed by atoms with Crippen LogP contribution in [0.1, 0.15) is 23.1 Å². The first-order valence-electron chi connectivity index (χ1n) is 6.22. The summed E-state index contributed by atoms with van der Waals surface area (Å²) in [6.45, 7) is 3.05. The lowest BCUT2D eigenvalue weighted by atomic mass is 9.77. The topological polar surface area (TPSA) is 55.2 Å². The zero-order valence-corrected chi connectivity index (χ0v) is 11.2. The van der Waals surface area contributed by atoms with Gasteiger partial charge in [-0.2, -0.15) is 13.2 Å². The summed E-state index contributed by atoms with van der Waals surface area (Å²) in [5.41, 5.74) is -1.42. The van der Waals surface area contributed by atoms with Crippen LogP contribution in [-0.2, 0) is 5.41 Å². The lowest BCUT2D eigenvalue weighted by Crippen LogP contribution is -2.44. The van der Waals surface area contributed by atoms with Crippen molar-refractivity contribution >= 4 is 5.69 Å². The first-order valence-corrected chi connectivity index (χ1v) is 6.22. The summed E-state index contributed by atoms with van der Waals surface area (Å²) in [6, 6.07) is 2.59. The minimum absolute atomic E-state index is 0.0484. The Morgan fingerprint density at radius 2 is 1.85 bits per heavy atom. The molecule has 1 heterocycles. The molecule has 1 aromatic carbocycles. The van der Waals surface area contributed by atoms with Crippen molar-refractivity contribution in [3.8, 4) is 0 Å². The van der Waals surface area contributed by atoms with Crippen LogP contribution in [0, 0.1) is 24.0 Å². The van der Waals surface area contributed by atoms with Gasteiger partial charge in [0, 0.05) is 17.7 Å². The highest BCUT2D eigenvalue weighted by molar-refractivity contribution is 5.51. The van der Waals surface area contributed by atoms with Crippen LogP contribution in [-0.4, -0.2) is 24.2 Å². The van der Waals surface area contributed by atoms with Gasteiger partial charge < -0.3 is 5.32 Å². The molecular formula is C13H15F3N2O2. The quantitative estimate of drug-likeness (QED) is 0.672. The standard InChI is InChI=1S/C13H15F3N2O2/c1-8-5-10(6-9(2)11(8)18(19)20)12(13(14,15)16)3-4-17-7-12/h5-6,17H,3-4,7H2,1-2H3. The molecule has 0 saturated carbocycles. The summed E-state index contributed by atoms with van der Waals surface area (Å²) < 4.78 is 40.4. The monoisotopic (exact) mass is 288 g/mol. The fraction of sp³-hybridized carbons (Fsp3) is 0.538. The molecule has 1 aliphatic heterocycles. The maximum Gasteiger partial charge on any atom is 0.399 e. The summed E-state index contributed by atoms with van der Waals surface area (Å²) in [4.78, 5) is 10.4. The number of nitro benzene ring substituents is 1. The Kier molecular flexibility index (Phi) is 3.49. The normalized spacial score (nSPS) is 23.1. The van der Waals surface area contributed by atoms with Crippen molar-refractivity contribution in [2.75, 3.05) is 13.1 Å². The van der Waals surface area contributed by atoms with Crippen LogP contribution in [0.5, 0.6) is 0 Å². The molecule has 1 aliphatic rings. The molecule has 0 spiro atoms. The molecule has 110 valence electrons. The van der Waals surface area contributed by atoms with E-state index in [4.69, 9.17) is 0 Å². The van der Waals surface area contributed by atoms with E-state index in [9.17, 15) is 23.3 Å². The number of nitrogens with one attached hydrogen (secondary N) is 1. The Bertz CT molecular complexity index is 526. The van der Waals surface area contributed by atoms with Crippen molar-refractivity contribution in [1.82, 2.24) is 5.32 Å². The van der Waals surface area contributed by atoms with Crippen LogP contribution in [0.25, 0.3) is 0 Å². The van der Waals surface area contributed by atoms with Gasteiger partial charge in [0.1, 0.15) is 5.41 Å². The highest BCUT2D eigenvalue weighted by atomic mass is 19.4. The molecule has 0 aliphatic carbocycles. The third kappa shape index (κ3) is 2.15. The highest BCUT2D eigenvalue weighted by Gasteiger charge is 2.57. The van der Waals surface area contributed by atoms with E-state index in [1.807, 2.05) is 0 Å². The van der Waals surface area contributed by atoms with Gasteiger partial charge in [-0.1, -0.05) is 0 Å². The minimum atomic E-state index is -4.38. The smallest absolute Gasteiger partial charge is 0.315 e. The van der Waals surface area contributed by atoms with Gasteiger partial charge in [0.25, 0.3) is 5.69 Å². The Balaban J connectivity index is 2.60. The third-order valence-electron chi connectivity index (χ3n) is 3.92. The number of aryl methyl sites for hydroxylation is 2. The predicted octanol–water partition coefficient (Wildman–Crippen LogP) is 3.01. The third-order valence-corrected chi connectivity index (χ3v) is 3.92. The molecule has 0 amide bonds. The molecule has 2 rings (SSSR count). The van der Waals surface area contributed by atoms with Crippen LogP contribution in [0.4, 0.5) is 18.9 Å². The molecule has 0 radical (unpaired) electrons. The van der Waals surface area contributed by atoms with Crippen molar-refractivity contribution in [3.05, 3.63) is 38.9 Å². The maximum absolute atomic E-state index is 13.5. The fourth-order valence-electron chi connectivity index (χ4n) is 2.86. The van der Waals surface area contributed by atoms with Gasteiger partial charge in [0.15, 0.2) is 0 Å². The maximum atomic E-state index is 13.5. The molecular weight excluding hydrogens is 273 g/mol. The number of nitro groups is 1. The summed E-state index contributed by atoms with van der Waals surface area (Å²) in [5, 5.41) is 13.7. The number of hydrogen-bond donors (Lipinski definition) is 1. The lowest BCUT2D eigenvalue weighted by Gasteiger charge is -2.32. The van der Waals surface area contributed by atoms with E-state index in [1.165, 1.54) is 26.0 Å². The minimum Gasteiger partial charge on any atom is -0.315 e. The molecule has 1 atom stereocenters. The van der Waals surface area contributed by atoms with Gasteiger partial charge >= 0.3 is 6.18 Å². The van der Waals surface area contributed by atoms with Crippen molar-refractivity contribution in [2.45, 2.75) is 31.9 Å². The van der Waals surface area contributed by atoms with Crippen molar-refractivity contribution in [2.24, 2.45) is 0 Å². The van der Waals surface area contributed by atoms with E-state index >= 15 is 0 Å². The molecule has 1 N–H and O–H groups in total. The van der Waals surface area contributed by atoms with Crippen molar-refractivity contribution < 1.29 is 18.1 Å². The Hall–Kier alpha value is -1.63. The van der Waals surface area contributed by atoms with Crippen molar-refractivity contribution in [1.29, 1.82) is 0 Å². The number of benzene rings is 1. The molecule has 7 heteroatoms. The van der Waals surface area contributed by atoms with E-state index in [1.54, 1.807) is 0 Å². The summed E-state index contributed by atoms with van der Waals surface area (Å²) in [7, 11) is 0. The molecule has 0 bridgehead atoms. The fourth-order valence-corrected chi connectivity index (χ4v) is 2.86. The number of alkyl halides is 3. The van der Waals surface area contributed by atoms with Crippen molar-refractivity contribution in [3.63, 3.8) is 0 Å². The first kappa shape index (κ1) is 14.8. The van der Waals surface area contributed by atoms with Crippen LogP contribution in [0.15, 0.2) is 12.1 Å². The van der Waals surface area contributed by atoms with E-state index in [-0.39, 0.29) is 41.9 Å². The molecule has 1 unspecified atom stereocenters. The summed E-state index contributed by atoms with van der Waals surface area (Å²) in [5.74, 6) is 0. The van der Waals surface area contributed by atoms with Gasteiger partial charge in [-0.3, -0.25) is 10.1 Å². The van der Waals surface area contributed by atoms with Gasteiger partial charge in [0.05, 0.1) is 4.92 Å². The zero-order chi connectivity index (χ0) is 15.1. The second-order valence-corrected chi connectivity index (χ2v) is 5.22. The second-order valence-electron chi connectivity index (χ2n) is 5.22. The van der Waals surface area contributed by atoms with Crippen LogP contribution < -0.4 is 5.32 Å². The SMILES string of the molecule is Cc1cc(C2(C(F)(F)F)CCNC2)cc(C)c1[N+](=O)[O-]. The van der Waals surface area contributed by atoms with E-state index in [2.05, 4.69) is 5.32 Å². The molecule has 1 saturated heterocycles. The lowest BCUT2D eigenvalue weighted by molar-refractivity contribution is -0.386. The van der Waals surface area contributed by atoms with Gasteiger partial charge in [-0.25, -0.2) is 0 Å². The average Bonchev–Trinajstić information content (AvgIpc) is 2.76. The van der Waals surface area contributed by atoms with E-state index in [0.29, 0.717) is 0 Å². The molecule has 4 nitrogen and oxygen atoms in total. The Morgan fingerprint density at radius 1 is 1.30 bits per heavy atom. The Labute approximate surface area is 114 Å². The highest BCUT2D eigenvalue weighted by Crippen LogP contribution is 2.46. The number of nitrogens with zero attached hydrogens (tertiary/aromatic N) is 1. The molecule has 0 aromatic heterocycles. The molecule has 20 heavy (non-hydrogen) atoms. The summed E-state index contributed by atoms with van der Waals surface area (Å²) >= 11 is 0. The van der Waals surface area contributed by atoms with E-state index in [0.717, 1.165) is 0 Å². The van der Waals surface area contributed by atoms with Crippen LogP contribution in [0.3, 0.4) is 0 Å². The largest absolute Gasteiger partial charge is 0.399 e. The van der Waals surface area contributed by atoms with Gasteiger partial charge in [-0.05, 0) is 44.5 Å². The molecule has 1 aromatic rings. The average molecular weight is 288 g/mol. The number of halogens is 3. The van der Waals surface area contributed by atoms with Gasteiger partial charge in [0.2, 0.25) is 0 Å². The Morgan fingerprint density at radius 3 is 2.20 bits per heavy atom. The van der Waals surface area contributed by atoms with E-state index < -0.39 is 16.5 Å². The molecule has 1 fully saturated rings. The number of hydrogen-bond acceptors (Lipinski definition) is 3.